The Kier molecular flexibility index (Phi) is 4.14. The average Bonchev–Trinajstić information content (AvgIpc) is 3.21. The van der Waals surface area contributed by atoms with Crippen LogP contribution in [0, 0.1) is 10.1 Å². The normalized spacial score (nSPS) is 13.1. The Bertz CT molecular complexity index is 1290. The van der Waals surface area contributed by atoms with Crippen LogP contribution in [0.15, 0.2) is 88.2 Å². The number of benzene rings is 3. The van der Waals surface area contributed by atoms with E-state index in [9.17, 15) is 10.1 Å². The first-order chi connectivity index (χ1) is 14.2. The lowest BCUT2D eigenvalue weighted by molar-refractivity contribution is -0.384. The van der Waals surface area contributed by atoms with Crippen molar-refractivity contribution in [3.63, 3.8) is 0 Å². The van der Waals surface area contributed by atoms with Gasteiger partial charge in [0.25, 0.3) is 5.69 Å². The van der Waals surface area contributed by atoms with Crippen molar-refractivity contribution in [1.29, 1.82) is 0 Å². The lowest BCUT2D eigenvalue weighted by Gasteiger charge is -2.11. The molecule has 4 aromatic rings. The number of aliphatic imine (C=N–C) groups is 2. The molecular weight excluding hydrogens is 384 g/mol. The number of amidine groups is 2. The predicted octanol–water partition coefficient (Wildman–Crippen LogP) is 5.76. The number of nitrogens with one attached hydrogen (secondary N) is 1. The van der Waals surface area contributed by atoms with Crippen molar-refractivity contribution < 1.29 is 4.92 Å². The number of non-ortho nitro benzene ring substituents is 1. The maximum Gasteiger partial charge on any atom is 0.269 e. The molecular formula is C22H14N4O2S. The molecule has 0 atom stereocenters. The molecule has 1 aliphatic rings. The molecule has 3 aromatic carbocycles. The van der Waals surface area contributed by atoms with E-state index >= 15 is 0 Å². The van der Waals surface area contributed by atoms with E-state index in [1.165, 1.54) is 12.1 Å². The van der Waals surface area contributed by atoms with Crippen molar-refractivity contribution in [2.75, 3.05) is 5.32 Å². The van der Waals surface area contributed by atoms with Crippen LogP contribution in [0.1, 0.15) is 10.4 Å². The van der Waals surface area contributed by atoms with Crippen LogP contribution in [0.2, 0.25) is 0 Å². The highest BCUT2D eigenvalue weighted by molar-refractivity contribution is 7.12. The SMILES string of the molecule is O=[N+]([O-])c1ccc(C2=NC(c3cccs3)=Nc3c(ccc4ccccc34)N2)cc1. The maximum absolute atomic E-state index is 11.0. The van der Waals surface area contributed by atoms with Crippen LogP contribution in [0.25, 0.3) is 10.8 Å². The second-order valence-electron chi connectivity index (χ2n) is 6.48. The van der Waals surface area contributed by atoms with E-state index in [0.29, 0.717) is 11.7 Å². The number of anilines is 1. The maximum atomic E-state index is 11.0. The van der Waals surface area contributed by atoms with Crippen molar-refractivity contribution in [2.24, 2.45) is 9.98 Å². The van der Waals surface area contributed by atoms with Gasteiger partial charge < -0.3 is 5.32 Å². The molecule has 7 heteroatoms. The Morgan fingerprint density at radius 1 is 0.897 bits per heavy atom. The molecule has 0 spiro atoms. The van der Waals surface area contributed by atoms with Gasteiger partial charge in [0.2, 0.25) is 0 Å². The third-order valence-electron chi connectivity index (χ3n) is 4.68. The molecule has 0 aliphatic carbocycles. The monoisotopic (exact) mass is 398 g/mol. The van der Waals surface area contributed by atoms with Crippen LogP contribution in [0.3, 0.4) is 0 Å². The zero-order chi connectivity index (χ0) is 19.8. The molecule has 0 amide bonds. The molecule has 0 unspecified atom stereocenters. The molecule has 6 nitrogen and oxygen atoms in total. The summed E-state index contributed by atoms with van der Waals surface area (Å²) in [6, 6.07) is 22.4. The highest BCUT2D eigenvalue weighted by Gasteiger charge is 2.18. The first-order valence-electron chi connectivity index (χ1n) is 8.94. The van der Waals surface area contributed by atoms with Gasteiger partial charge in [0.05, 0.1) is 21.2 Å². The van der Waals surface area contributed by atoms with Crippen LogP contribution < -0.4 is 5.32 Å². The van der Waals surface area contributed by atoms with Crippen LogP contribution in [-0.4, -0.2) is 16.6 Å². The minimum absolute atomic E-state index is 0.0431. The fourth-order valence-corrected chi connectivity index (χ4v) is 3.92. The van der Waals surface area contributed by atoms with Gasteiger partial charge in [-0.3, -0.25) is 10.1 Å². The number of thiophene rings is 1. The summed E-state index contributed by atoms with van der Waals surface area (Å²) in [4.78, 5) is 21.2. The molecule has 140 valence electrons. The zero-order valence-corrected chi connectivity index (χ0v) is 15.9. The third-order valence-corrected chi connectivity index (χ3v) is 5.55. The number of fused-ring (bicyclic) bond motifs is 3. The summed E-state index contributed by atoms with van der Waals surface area (Å²) < 4.78 is 0. The van der Waals surface area contributed by atoms with Crippen LogP contribution >= 0.6 is 11.3 Å². The van der Waals surface area contributed by atoms with Crippen LogP contribution in [0.4, 0.5) is 17.1 Å². The number of nitrogens with zero attached hydrogens (tertiary/aromatic N) is 3. The minimum atomic E-state index is -0.411. The van der Waals surface area contributed by atoms with Gasteiger partial charge in [-0.25, -0.2) is 9.98 Å². The molecule has 0 radical (unpaired) electrons. The van der Waals surface area contributed by atoms with Gasteiger partial charge in [-0.15, -0.1) is 11.3 Å². The lowest BCUT2D eigenvalue weighted by Crippen LogP contribution is -2.14. The van der Waals surface area contributed by atoms with Gasteiger partial charge in [0.15, 0.2) is 5.84 Å². The first kappa shape index (κ1) is 17.3. The summed E-state index contributed by atoms with van der Waals surface area (Å²) in [5.74, 6) is 1.21. The topological polar surface area (TPSA) is 79.9 Å². The van der Waals surface area contributed by atoms with E-state index in [1.807, 2.05) is 47.8 Å². The van der Waals surface area contributed by atoms with Gasteiger partial charge in [0.1, 0.15) is 5.84 Å². The summed E-state index contributed by atoms with van der Waals surface area (Å²) >= 11 is 1.57. The van der Waals surface area contributed by atoms with Crippen molar-refractivity contribution in [3.05, 3.63) is 98.7 Å². The van der Waals surface area contributed by atoms with E-state index in [-0.39, 0.29) is 5.69 Å². The molecule has 0 bridgehead atoms. The first-order valence-corrected chi connectivity index (χ1v) is 9.82. The van der Waals surface area contributed by atoms with Crippen molar-refractivity contribution in [1.82, 2.24) is 0 Å². The number of nitro groups is 1. The van der Waals surface area contributed by atoms with Crippen molar-refractivity contribution in [2.45, 2.75) is 0 Å². The molecule has 1 aliphatic heterocycles. The summed E-state index contributed by atoms with van der Waals surface area (Å²) in [6.45, 7) is 0. The summed E-state index contributed by atoms with van der Waals surface area (Å²) in [5, 5.41) is 18.5. The van der Waals surface area contributed by atoms with Gasteiger partial charge >= 0.3 is 0 Å². The van der Waals surface area contributed by atoms with Crippen LogP contribution in [-0.2, 0) is 0 Å². The van der Waals surface area contributed by atoms with E-state index in [1.54, 1.807) is 23.5 Å². The number of hydrogen-bond acceptors (Lipinski definition) is 6. The fourth-order valence-electron chi connectivity index (χ4n) is 3.26. The fraction of sp³-hybridized carbons (Fsp3) is 0. The Balaban J connectivity index is 1.69. The Hall–Kier alpha value is -3.84. The number of nitro benzene ring substituents is 1. The molecule has 2 heterocycles. The average molecular weight is 398 g/mol. The largest absolute Gasteiger partial charge is 0.338 e. The number of hydrogen-bond donors (Lipinski definition) is 1. The lowest BCUT2D eigenvalue weighted by atomic mass is 10.1. The molecule has 0 fully saturated rings. The molecule has 1 N–H and O–H groups in total. The Labute approximate surface area is 170 Å². The molecule has 5 rings (SSSR count). The minimum Gasteiger partial charge on any atom is -0.338 e. The highest BCUT2D eigenvalue weighted by Crippen LogP contribution is 2.37. The van der Waals surface area contributed by atoms with Gasteiger partial charge in [-0.2, -0.15) is 0 Å². The molecule has 1 aromatic heterocycles. The zero-order valence-electron chi connectivity index (χ0n) is 15.1. The second-order valence-corrected chi connectivity index (χ2v) is 7.43. The number of rotatable bonds is 3. The van der Waals surface area contributed by atoms with E-state index in [0.717, 1.165) is 32.6 Å². The Morgan fingerprint density at radius 2 is 1.72 bits per heavy atom. The smallest absolute Gasteiger partial charge is 0.269 e. The van der Waals surface area contributed by atoms with E-state index in [4.69, 9.17) is 9.98 Å². The van der Waals surface area contributed by atoms with Gasteiger partial charge in [-0.05, 0) is 35.0 Å². The van der Waals surface area contributed by atoms with Crippen LogP contribution in [0.5, 0.6) is 0 Å². The summed E-state index contributed by atoms with van der Waals surface area (Å²) in [5.41, 5.74) is 2.46. The van der Waals surface area contributed by atoms with Gasteiger partial charge in [-0.1, -0.05) is 36.4 Å². The predicted molar refractivity (Wildman–Crippen MR) is 118 cm³/mol. The van der Waals surface area contributed by atoms with E-state index in [2.05, 4.69) is 11.4 Å². The Morgan fingerprint density at radius 3 is 2.48 bits per heavy atom. The van der Waals surface area contributed by atoms with Crippen molar-refractivity contribution >= 4 is 50.8 Å². The quantitative estimate of drug-likeness (QED) is 0.352. The molecule has 0 saturated heterocycles. The molecule has 0 saturated carbocycles. The van der Waals surface area contributed by atoms with Crippen molar-refractivity contribution in [3.8, 4) is 0 Å². The van der Waals surface area contributed by atoms with Gasteiger partial charge in [0, 0.05) is 23.1 Å². The second kappa shape index (κ2) is 6.96. The molecule has 29 heavy (non-hydrogen) atoms. The summed E-state index contributed by atoms with van der Waals surface area (Å²) in [6.07, 6.45) is 0. The highest BCUT2D eigenvalue weighted by atomic mass is 32.1. The van der Waals surface area contributed by atoms with E-state index < -0.39 is 4.92 Å². The third kappa shape index (κ3) is 3.17. The summed E-state index contributed by atoms with van der Waals surface area (Å²) in [7, 11) is 0. The standard InChI is InChI=1S/C22H14N4O2S/c27-26(28)16-10-7-15(8-11-16)21-23-18-12-9-14-4-1-2-5-17(14)20(18)24-22(25-21)19-6-3-13-29-19/h1-13H,(H,23,24,25).